The van der Waals surface area contributed by atoms with E-state index in [1.165, 1.54) is 17.0 Å². The van der Waals surface area contributed by atoms with E-state index in [4.69, 9.17) is 4.74 Å². The van der Waals surface area contributed by atoms with Gasteiger partial charge < -0.3 is 20.3 Å². The molecule has 0 heterocycles. The Hall–Kier alpha value is -2.36. The van der Waals surface area contributed by atoms with E-state index in [-0.39, 0.29) is 42.2 Å². The second-order valence-electron chi connectivity index (χ2n) is 6.46. The monoisotopic (exact) mass is 514 g/mol. The molecule has 2 rings (SSSR count). The van der Waals surface area contributed by atoms with E-state index in [9.17, 15) is 9.18 Å². The lowest BCUT2D eigenvalue weighted by Gasteiger charge is -2.15. The first-order valence-corrected chi connectivity index (χ1v) is 9.07. The van der Waals surface area contributed by atoms with E-state index in [2.05, 4.69) is 15.6 Å². The van der Waals surface area contributed by atoms with Crippen molar-refractivity contribution in [2.75, 3.05) is 34.3 Å². The summed E-state index contributed by atoms with van der Waals surface area (Å²) in [5.74, 6) is 1.02. The number of methoxy groups -OCH3 is 1. The second-order valence-corrected chi connectivity index (χ2v) is 6.46. The van der Waals surface area contributed by atoms with Gasteiger partial charge in [0.05, 0.1) is 20.2 Å². The predicted molar refractivity (Wildman–Crippen MR) is 124 cm³/mol. The number of hydrogen-bond acceptors (Lipinski definition) is 3. The summed E-state index contributed by atoms with van der Waals surface area (Å²) >= 11 is 0. The van der Waals surface area contributed by atoms with Gasteiger partial charge in [-0.25, -0.2) is 9.38 Å². The van der Waals surface area contributed by atoms with Gasteiger partial charge in [0.15, 0.2) is 5.96 Å². The fourth-order valence-corrected chi connectivity index (χ4v) is 2.41. The number of carbonyl (C=O) groups excluding carboxylic acids is 1. The van der Waals surface area contributed by atoms with Crippen LogP contribution in [0, 0.1) is 5.82 Å². The third-order valence-corrected chi connectivity index (χ3v) is 4.08. The summed E-state index contributed by atoms with van der Waals surface area (Å²) in [6, 6.07) is 14.1. The van der Waals surface area contributed by atoms with Crippen LogP contribution in [0.3, 0.4) is 0 Å². The number of guanidine groups is 1. The number of aliphatic imine (C=N–C) groups is 1. The van der Waals surface area contributed by atoms with Crippen LogP contribution in [0.2, 0.25) is 0 Å². The quantitative estimate of drug-likeness (QED) is 0.323. The lowest BCUT2D eigenvalue weighted by Crippen LogP contribution is -2.43. The molecule has 0 fully saturated rings. The Labute approximate surface area is 188 Å². The first-order chi connectivity index (χ1) is 13.5. The molecule has 0 saturated carbocycles. The number of nitrogens with zero attached hydrogens (tertiary/aromatic N) is 2. The number of nitrogens with one attached hydrogen (secondary N) is 2. The summed E-state index contributed by atoms with van der Waals surface area (Å²) in [7, 11) is 5.03. The van der Waals surface area contributed by atoms with Gasteiger partial charge in [-0.05, 0) is 41.8 Å². The van der Waals surface area contributed by atoms with E-state index in [1.807, 2.05) is 30.3 Å². The number of ether oxygens (including phenoxy) is 1. The van der Waals surface area contributed by atoms with Gasteiger partial charge in [0.1, 0.15) is 11.6 Å². The minimum Gasteiger partial charge on any atom is -0.497 e. The highest BCUT2D eigenvalue weighted by Gasteiger charge is 2.06. The van der Waals surface area contributed by atoms with Gasteiger partial charge in [-0.1, -0.05) is 24.3 Å². The molecule has 0 atom stereocenters. The summed E-state index contributed by atoms with van der Waals surface area (Å²) in [4.78, 5) is 17.9. The summed E-state index contributed by atoms with van der Waals surface area (Å²) in [6.07, 6.45) is 0.641. The molecule has 6 nitrogen and oxygen atoms in total. The molecule has 2 aromatic rings. The molecule has 1 amide bonds. The number of rotatable bonds is 8. The number of carbonyl (C=O) groups is 1. The molecule has 0 radical (unpaired) electrons. The van der Waals surface area contributed by atoms with Crippen molar-refractivity contribution >= 4 is 35.8 Å². The molecule has 0 aliphatic carbocycles. The molecule has 0 saturated heterocycles. The van der Waals surface area contributed by atoms with E-state index in [0.717, 1.165) is 16.9 Å². The molecular weight excluding hydrogens is 486 g/mol. The molecule has 0 aromatic heterocycles. The van der Waals surface area contributed by atoms with Crippen LogP contribution in [0.25, 0.3) is 0 Å². The molecular formula is C21H28FIN4O2. The zero-order valence-electron chi connectivity index (χ0n) is 16.9. The van der Waals surface area contributed by atoms with Gasteiger partial charge in [-0.3, -0.25) is 4.79 Å². The van der Waals surface area contributed by atoms with Crippen molar-refractivity contribution in [1.29, 1.82) is 0 Å². The Balaban J connectivity index is 0.00000420. The van der Waals surface area contributed by atoms with Crippen molar-refractivity contribution in [2.45, 2.75) is 13.0 Å². The zero-order valence-corrected chi connectivity index (χ0v) is 19.3. The molecule has 8 heteroatoms. The van der Waals surface area contributed by atoms with E-state index >= 15 is 0 Å². The fourth-order valence-electron chi connectivity index (χ4n) is 2.41. The summed E-state index contributed by atoms with van der Waals surface area (Å²) < 4.78 is 18.4. The Bertz CT molecular complexity index is 798. The largest absolute Gasteiger partial charge is 0.497 e. The number of benzene rings is 2. The van der Waals surface area contributed by atoms with E-state index in [1.54, 1.807) is 27.3 Å². The minimum atomic E-state index is -0.249. The Morgan fingerprint density at radius 1 is 1.10 bits per heavy atom. The van der Waals surface area contributed by atoms with Crippen LogP contribution in [0.15, 0.2) is 53.5 Å². The molecule has 0 aliphatic rings. The summed E-state index contributed by atoms with van der Waals surface area (Å²) in [5, 5.41) is 6.24. The molecule has 0 aliphatic heterocycles. The smallest absolute Gasteiger partial charge is 0.241 e. The van der Waals surface area contributed by atoms with Gasteiger partial charge >= 0.3 is 0 Å². The average molecular weight is 514 g/mol. The standard InChI is InChI=1S/C21H27FN4O2.HI/c1-26(2)20(27)15-25-21(23-12-11-16-5-4-6-18(22)13-16)24-14-17-7-9-19(28-3)10-8-17;/h4-10,13H,11-12,14-15H2,1-3H3,(H2,23,24,25);1H. The van der Waals surface area contributed by atoms with Crippen LogP contribution in [-0.2, 0) is 17.8 Å². The zero-order chi connectivity index (χ0) is 20.4. The predicted octanol–water partition coefficient (Wildman–Crippen LogP) is 2.82. The minimum absolute atomic E-state index is 0. The maximum atomic E-state index is 13.3. The lowest BCUT2D eigenvalue weighted by molar-refractivity contribution is -0.127. The Morgan fingerprint density at radius 3 is 2.45 bits per heavy atom. The topological polar surface area (TPSA) is 66.0 Å². The van der Waals surface area contributed by atoms with Gasteiger partial charge in [0, 0.05) is 20.6 Å². The molecule has 0 bridgehead atoms. The number of amides is 1. The van der Waals surface area contributed by atoms with Crippen LogP contribution in [0.5, 0.6) is 5.75 Å². The maximum absolute atomic E-state index is 13.3. The van der Waals surface area contributed by atoms with Crippen molar-refractivity contribution in [3.05, 3.63) is 65.5 Å². The van der Waals surface area contributed by atoms with Crippen LogP contribution in [-0.4, -0.2) is 51.1 Å². The van der Waals surface area contributed by atoms with Crippen LogP contribution in [0.1, 0.15) is 11.1 Å². The van der Waals surface area contributed by atoms with Crippen molar-refractivity contribution in [1.82, 2.24) is 15.5 Å². The van der Waals surface area contributed by atoms with Gasteiger partial charge in [0.25, 0.3) is 0 Å². The third-order valence-electron chi connectivity index (χ3n) is 4.08. The fraction of sp³-hybridized carbons (Fsp3) is 0.333. The van der Waals surface area contributed by atoms with Crippen LogP contribution < -0.4 is 15.4 Å². The Kier molecular flexibility index (Phi) is 11.0. The van der Waals surface area contributed by atoms with Crippen molar-refractivity contribution in [2.24, 2.45) is 4.99 Å². The number of hydrogen-bond donors (Lipinski definition) is 2. The first kappa shape index (κ1) is 24.7. The molecule has 2 N–H and O–H groups in total. The molecule has 0 unspecified atom stereocenters. The number of likely N-dealkylation sites (N-methyl/N-ethyl adjacent to an activating group) is 1. The SMILES string of the molecule is COc1ccc(CN=C(NCCc2cccc(F)c2)NCC(=O)N(C)C)cc1.I. The molecule has 2 aromatic carbocycles. The van der Waals surface area contributed by atoms with Crippen molar-refractivity contribution < 1.29 is 13.9 Å². The van der Waals surface area contributed by atoms with Crippen LogP contribution in [0.4, 0.5) is 4.39 Å². The number of halogens is 2. The van der Waals surface area contributed by atoms with Gasteiger partial charge in [-0.15, -0.1) is 24.0 Å². The highest BCUT2D eigenvalue weighted by molar-refractivity contribution is 14.0. The third kappa shape index (κ3) is 9.12. The van der Waals surface area contributed by atoms with Crippen molar-refractivity contribution in [3.63, 3.8) is 0 Å². The molecule has 158 valence electrons. The second kappa shape index (κ2) is 13.0. The molecule has 0 spiro atoms. The normalized spacial score (nSPS) is 10.7. The Morgan fingerprint density at radius 2 is 1.83 bits per heavy atom. The van der Waals surface area contributed by atoms with Gasteiger partial charge in [-0.2, -0.15) is 0 Å². The van der Waals surface area contributed by atoms with Crippen molar-refractivity contribution in [3.8, 4) is 5.75 Å². The van der Waals surface area contributed by atoms with Crippen LogP contribution >= 0.6 is 24.0 Å². The van der Waals surface area contributed by atoms with E-state index in [0.29, 0.717) is 25.5 Å². The highest BCUT2D eigenvalue weighted by atomic mass is 127. The van der Waals surface area contributed by atoms with Gasteiger partial charge in [0.2, 0.25) is 5.91 Å². The summed E-state index contributed by atoms with van der Waals surface area (Å²) in [6.45, 7) is 1.16. The van der Waals surface area contributed by atoms with E-state index < -0.39 is 0 Å². The summed E-state index contributed by atoms with van der Waals surface area (Å²) in [5.41, 5.74) is 1.91. The lowest BCUT2D eigenvalue weighted by atomic mass is 10.1. The maximum Gasteiger partial charge on any atom is 0.241 e. The molecule has 29 heavy (non-hydrogen) atoms. The first-order valence-electron chi connectivity index (χ1n) is 9.07. The average Bonchev–Trinajstić information content (AvgIpc) is 2.69. The highest BCUT2D eigenvalue weighted by Crippen LogP contribution is 2.11.